The topological polar surface area (TPSA) is 87.9 Å². The molecule has 0 bridgehead atoms. The normalized spacial score (nSPS) is 16.3. The lowest BCUT2D eigenvalue weighted by atomic mass is 10.1. The van der Waals surface area contributed by atoms with Crippen LogP contribution in [0, 0.1) is 6.92 Å². The zero-order valence-electron chi connectivity index (χ0n) is 16.0. The molecule has 1 aliphatic rings. The number of aryl methyl sites for hydroxylation is 1. The number of nitrogens with zero attached hydrogens (tertiary/aromatic N) is 2. The number of nitrogens with two attached hydrogens (primary N) is 1. The van der Waals surface area contributed by atoms with Crippen LogP contribution in [0.1, 0.15) is 29.3 Å². The predicted octanol–water partition coefficient (Wildman–Crippen LogP) is 0.876. The second-order valence-corrected chi connectivity index (χ2v) is 6.72. The Labute approximate surface area is 155 Å². The van der Waals surface area contributed by atoms with Crippen molar-refractivity contribution in [1.29, 1.82) is 0 Å². The molecule has 0 radical (unpaired) electrons. The average Bonchev–Trinajstić information content (AvgIpc) is 2.66. The number of carbonyl (C=O) groups is 2. The smallest absolute Gasteiger partial charge is 0.254 e. The molecule has 144 valence electrons. The van der Waals surface area contributed by atoms with Crippen LogP contribution in [0.5, 0.6) is 0 Å². The second kappa shape index (κ2) is 9.54. The van der Waals surface area contributed by atoms with E-state index in [1.54, 1.807) is 19.2 Å². The molecule has 2 amide bonds. The number of hydrogen-bond donors (Lipinski definition) is 2. The molecule has 3 N–H and O–H groups in total. The number of nitrogens with one attached hydrogen (secondary N) is 1. The molecule has 1 heterocycles. The molecule has 1 aromatic rings. The van der Waals surface area contributed by atoms with Crippen LogP contribution in [0.4, 0.5) is 5.69 Å². The van der Waals surface area contributed by atoms with Gasteiger partial charge >= 0.3 is 0 Å². The van der Waals surface area contributed by atoms with Crippen LogP contribution in [0.3, 0.4) is 0 Å². The van der Waals surface area contributed by atoms with E-state index in [-0.39, 0.29) is 17.9 Å². The number of carbonyl (C=O) groups excluding carboxylic acids is 2. The third-order valence-corrected chi connectivity index (χ3v) is 4.85. The fourth-order valence-electron chi connectivity index (χ4n) is 3.09. The van der Waals surface area contributed by atoms with Gasteiger partial charge in [0.15, 0.2) is 0 Å². The largest absolute Gasteiger partial charge is 0.399 e. The maximum absolute atomic E-state index is 12.7. The molecule has 0 spiro atoms. The highest BCUT2D eigenvalue weighted by atomic mass is 16.5. The maximum atomic E-state index is 12.7. The molecule has 7 nitrogen and oxygen atoms in total. The van der Waals surface area contributed by atoms with Gasteiger partial charge in [-0.05, 0) is 38.0 Å². The number of hydrogen-bond acceptors (Lipinski definition) is 5. The maximum Gasteiger partial charge on any atom is 0.254 e. The molecule has 0 saturated carbocycles. The lowest BCUT2D eigenvalue weighted by Crippen LogP contribution is -2.55. The Balaban J connectivity index is 1.85. The number of ether oxygens (including phenoxy) is 1. The Morgan fingerprint density at radius 3 is 2.62 bits per heavy atom. The third-order valence-electron chi connectivity index (χ3n) is 4.85. The number of benzene rings is 1. The Hall–Kier alpha value is -2.12. The average molecular weight is 362 g/mol. The molecule has 1 fully saturated rings. The van der Waals surface area contributed by atoms with Crippen LogP contribution < -0.4 is 11.1 Å². The second-order valence-electron chi connectivity index (χ2n) is 6.72. The van der Waals surface area contributed by atoms with Crippen molar-refractivity contribution in [1.82, 2.24) is 15.1 Å². The van der Waals surface area contributed by atoms with Gasteiger partial charge in [0.25, 0.3) is 5.91 Å². The molecule has 1 aliphatic heterocycles. The van der Waals surface area contributed by atoms with Gasteiger partial charge in [0, 0.05) is 57.7 Å². The summed E-state index contributed by atoms with van der Waals surface area (Å²) in [4.78, 5) is 28.9. The van der Waals surface area contributed by atoms with E-state index in [0.29, 0.717) is 50.6 Å². The summed E-state index contributed by atoms with van der Waals surface area (Å²) in [6.45, 7) is 7.65. The minimum atomic E-state index is -0.205. The molecule has 1 unspecified atom stereocenters. The van der Waals surface area contributed by atoms with Crippen LogP contribution in [0.15, 0.2) is 18.2 Å². The first-order chi connectivity index (χ1) is 12.4. The number of nitrogen functional groups attached to an aromatic ring is 1. The van der Waals surface area contributed by atoms with Gasteiger partial charge in [0.05, 0.1) is 6.04 Å². The summed E-state index contributed by atoms with van der Waals surface area (Å²) >= 11 is 0. The standard InChI is InChI=1S/C19H30N4O3/c1-14-5-6-16(20)13-17(14)19(25)23-10-8-22(9-11-23)15(2)18(24)21-7-4-12-26-3/h5-6,13,15H,4,7-12,20H2,1-3H3,(H,21,24). The molecule has 2 rings (SSSR count). The van der Waals surface area contributed by atoms with Crippen LogP contribution >= 0.6 is 0 Å². The third kappa shape index (κ3) is 5.19. The number of amides is 2. The molecule has 0 aliphatic carbocycles. The van der Waals surface area contributed by atoms with Crippen molar-refractivity contribution < 1.29 is 14.3 Å². The minimum Gasteiger partial charge on any atom is -0.399 e. The lowest BCUT2D eigenvalue weighted by molar-refractivity contribution is -0.126. The first-order valence-electron chi connectivity index (χ1n) is 9.10. The van der Waals surface area contributed by atoms with Crippen molar-refractivity contribution in [2.75, 3.05) is 52.2 Å². The van der Waals surface area contributed by atoms with E-state index in [9.17, 15) is 9.59 Å². The molecule has 0 aromatic heterocycles. The molecule has 1 atom stereocenters. The number of rotatable bonds is 7. The predicted molar refractivity (Wildman–Crippen MR) is 102 cm³/mol. The summed E-state index contributed by atoms with van der Waals surface area (Å²) in [5.41, 5.74) is 7.99. The van der Waals surface area contributed by atoms with Gasteiger partial charge in [0.2, 0.25) is 5.91 Å². The van der Waals surface area contributed by atoms with Crippen LogP contribution in [0.2, 0.25) is 0 Å². The van der Waals surface area contributed by atoms with Crippen LogP contribution in [-0.2, 0) is 9.53 Å². The first kappa shape index (κ1) is 20.2. The fraction of sp³-hybridized carbons (Fsp3) is 0.579. The number of methoxy groups -OCH3 is 1. The molecular weight excluding hydrogens is 332 g/mol. The Morgan fingerprint density at radius 2 is 1.96 bits per heavy atom. The van der Waals surface area contributed by atoms with E-state index in [4.69, 9.17) is 10.5 Å². The summed E-state index contributed by atoms with van der Waals surface area (Å²) in [6, 6.07) is 5.20. The Bertz CT molecular complexity index is 627. The minimum absolute atomic E-state index is 0.00567. The monoisotopic (exact) mass is 362 g/mol. The van der Waals surface area contributed by atoms with E-state index < -0.39 is 0 Å². The van der Waals surface area contributed by atoms with Gasteiger partial charge < -0.3 is 20.7 Å². The summed E-state index contributed by atoms with van der Waals surface area (Å²) in [7, 11) is 1.65. The summed E-state index contributed by atoms with van der Waals surface area (Å²) in [6.07, 6.45) is 0.802. The molecule has 1 aromatic carbocycles. The van der Waals surface area contributed by atoms with E-state index in [1.165, 1.54) is 0 Å². The van der Waals surface area contributed by atoms with Gasteiger partial charge in [-0.15, -0.1) is 0 Å². The first-order valence-corrected chi connectivity index (χ1v) is 9.10. The summed E-state index contributed by atoms with van der Waals surface area (Å²) in [5.74, 6) is 0.0266. The van der Waals surface area contributed by atoms with Crippen LogP contribution in [-0.4, -0.2) is 74.1 Å². The highest BCUT2D eigenvalue weighted by Crippen LogP contribution is 2.17. The number of anilines is 1. The molecule has 26 heavy (non-hydrogen) atoms. The van der Waals surface area contributed by atoms with Gasteiger partial charge in [-0.2, -0.15) is 0 Å². The van der Waals surface area contributed by atoms with Crippen molar-refractivity contribution >= 4 is 17.5 Å². The SMILES string of the molecule is COCCCNC(=O)C(C)N1CCN(C(=O)c2cc(N)ccc2C)CC1. The quantitative estimate of drug-likeness (QED) is 0.555. The molecule has 1 saturated heterocycles. The van der Waals surface area contributed by atoms with Gasteiger partial charge in [-0.3, -0.25) is 14.5 Å². The van der Waals surface area contributed by atoms with Crippen molar-refractivity contribution in [2.24, 2.45) is 0 Å². The van der Waals surface area contributed by atoms with Crippen molar-refractivity contribution in [3.63, 3.8) is 0 Å². The highest BCUT2D eigenvalue weighted by molar-refractivity contribution is 5.96. The Morgan fingerprint density at radius 1 is 1.27 bits per heavy atom. The van der Waals surface area contributed by atoms with E-state index in [2.05, 4.69) is 10.2 Å². The molecular formula is C19H30N4O3. The zero-order chi connectivity index (χ0) is 19.1. The van der Waals surface area contributed by atoms with Crippen molar-refractivity contribution in [2.45, 2.75) is 26.3 Å². The highest BCUT2D eigenvalue weighted by Gasteiger charge is 2.28. The van der Waals surface area contributed by atoms with Crippen molar-refractivity contribution in [3.05, 3.63) is 29.3 Å². The zero-order valence-corrected chi connectivity index (χ0v) is 16.0. The van der Waals surface area contributed by atoms with Gasteiger partial charge in [-0.25, -0.2) is 0 Å². The van der Waals surface area contributed by atoms with Gasteiger partial charge in [-0.1, -0.05) is 6.07 Å². The van der Waals surface area contributed by atoms with E-state index >= 15 is 0 Å². The van der Waals surface area contributed by atoms with Gasteiger partial charge in [0.1, 0.15) is 0 Å². The van der Waals surface area contributed by atoms with Crippen LogP contribution in [0.25, 0.3) is 0 Å². The molecule has 7 heteroatoms. The fourth-order valence-corrected chi connectivity index (χ4v) is 3.09. The van der Waals surface area contributed by atoms with E-state index in [0.717, 1.165) is 12.0 Å². The van der Waals surface area contributed by atoms with E-state index in [1.807, 2.05) is 24.8 Å². The summed E-state index contributed by atoms with van der Waals surface area (Å²) in [5, 5.41) is 2.93. The summed E-state index contributed by atoms with van der Waals surface area (Å²) < 4.78 is 4.98. The lowest BCUT2D eigenvalue weighted by Gasteiger charge is -2.37. The van der Waals surface area contributed by atoms with Crippen molar-refractivity contribution in [3.8, 4) is 0 Å². The number of piperazine rings is 1. The Kier molecular flexibility index (Phi) is 7.41.